The molecular formula is C17H18O2. The minimum atomic E-state index is 0.289. The van der Waals surface area contributed by atoms with Gasteiger partial charge >= 0.3 is 0 Å². The van der Waals surface area contributed by atoms with Crippen LogP contribution < -0.4 is 4.74 Å². The Kier molecular flexibility index (Phi) is 3.16. The van der Waals surface area contributed by atoms with E-state index in [0.29, 0.717) is 0 Å². The number of aromatic hydroxyl groups is 1. The molecule has 1 fully saturated rings. The predicted octanol–water partition coefficient (Wildman–Crippen LogP) is 4.34. The van der Waals surface area contributed by atoms with E-state index < -0.39 is 0 Å². The second kappa shape index (κ2) is 4.96. The molecule has 2 nitrogen and oxygen atoms in total. The van der Waals surface area contributed by atoms with Gasteiger partial charge in [-0.05, 0) is 48.1 Å². The zero-order valence-corrected chi connectivity index (χ0v) is 11.1. The quantitative estimate of drug-likeness (QED) is 0.883. The summed E-state index contributed by atoms with van der Waals surface area (Å²) in [6, 6.07) is 13.8. The summed E-state index contributed by atoms with van der Waals surface area (Å²) in [6.07, 6.45) is 3.97. The van der Waals surface area contributed by atoms with E-state index in [1.54, 1.807) is 19.2 Å². The molecule has 1 aliphatic rings. The van der Waals surface area contributed by atoms with Gasteiger partial charge in [-0.2, -0.15) is 0 Å². The van der Waals surface area contributed by atoms with Gasteiger partial charge in [0.25, 0.3) is 0 Å². The minimum absolute atomic E-state index is 0.289. The van der Waals surface area contributed by atoms with E-state index >= 15 is 0 Å². The van der Waals surface area contributed by atoms with Gasteiger partial charge in [-0.25, -0.2) is 0 Å². The second-order valence-electron chi connectivity index (χ2n) is 5.13. The summed E-state index contributed by atoms with van der Waals surface area (Å²) < 4.78 is 5.21. The monoisotopic (exact) mass is 254 g/mol. The predicted molar refractivity (Wildman–Crippen MR) is 76.7 cm³/mol. The largest absolute Gasteiger partial charge is 0.507 e. The number of hydrogen-bond donors (Lipinski definition) is 1. The normalized spacial score (nSPS) is 15.0. The Bertz CT molecular complexity index is 568. The van der Waals surface area contributed by atoms with Crippen LogP contribution in [0.15, 0.2) is 42.5 Å². The van der Waals surface area contributed by atoms with Gasteiger partial charge in [0.1, 0.15) is 11.5 Å². The Hall–Kier alpha value is -1.96. The van der Waals surface area contributed by atoms with E-state index in [1.165, 1.54) is 24.8 Å². The fourth-order valence-corrected chi connectivity index (χ4v) is 2.55. The molecule has 1 saturated carbocycles. The highest BCUT2D eigenvalue weighted by atomic mass is 16.5. The Morgan fingerprint density at radius 1 is 1.05 bits per heavy atom. The maximum atomic E-state index is 9.96. The first-order chi connectivity index (χ1) is 9.28. The second-order valence-corrected chi connectivity index (χ2v) is 5.13. The van der Waals surface area contributed by atoms with Crippen LogP contribution in [0.2, 0.25) is 0 Å². The number of benzene rings is 2. The standard InChI is InChI=1S/C17H18O2/c1-19-15-9-10-17(18)16(11-15)14-7-5-13(6-8-14)12-3-2-4-12/h5-12,18H,2-4H2,1H3. The number of rotatable bonds is 3. The molecule has 0 saturated heterocycles. The van der Waals surface area contributed by atoms with E-state index in [0.717, 1.165) is 22.8 Å². The van der Waals surface area contributed by atoms with Gasteiger partial charge in [-0.15, -0.1) is 0 Å². The molecule has 19 heavy (non-hydrogen) atoms. The van der Waals surface area contributed by atoms with Gasteiger partial charge in [0.2, 0.25) is 0 Å². The molecule has 2 heteroatoms. The van der Waals surface area contributed by atoms with Gasteiger partial charge in [-0.1, -0.05) is 30.7 Å². The summed E-state index contributed by atoms with van der Waals surface area (Å²) in [6.45, 7) is 0. The van der Waals surface area contributed by atoms with Crippen LogP contribution in [0.4, 0.5) is 0 Å². The van der Waals surface area contributed by atoms with Crippen LogP contribution in [0.25, 0.3) is 11.1 Å². The van der Waals surface area contributed by atoms with Crippen LogP contribution in [0.3, 0.4) is 0 Å². The summed E-state index contributed by atoms with van der Waals surface area (Å²) in [5.41, 5.74) is 3.26. The van der Waals surface area contributed by atoms with E-state index in [4.69, 9.17) is 4.74 Å². The smallest absolute Gasteiger partial charge is 0.123 e. The SMILES string of the molecule is COc1ccc(O)c(-c2ccc(C3CCC3)cc2)c1. The molecule has 2 aromatic carbocycles. The maximum Gasteiger partial charge on any atom is 0.123 e. The zero-order valence-electron chi connectivity index (χ0n) is 11.1. The van der Waals surface area contributed by atoms with Crippen molar-refractivity contribution in [2.45, 2.75) is 25.2 Å². The van der Waals surface area contributed by atoms with Crippen LogP contribution in [-0.2, 0) is 0 Å². The first-order valence-corrected chi connectivity index (χ1v) is 6.75. The van der Waals surface area contributed by atoms with Crippen LogP contribution >= 0.6 is 0 Å². The number of phenolic OH excluding ortho intramolecular Hbond substituents is 1. The molecule has 0 heterocycles. The van der Waals surface area contributed by atoms with Crippen molar-refractivity contribution in [2.75, 3.05) is 7.11 Å². The minimum Gasteiger partial charge on any atom is -0.507 e. The van der Waals surface area contributed by atoms with Gasteiger partial charge < -0.3 is 9.84 Å². The molecular weight excluding hydrogens is 236 g/mol. The molecule has 0 atom stereocenters. The van der Waals surface area contributed by atoms with Gasteiger partial charge in [0.05, 0.1) is 7.11 Å². The Morgan fingerprint density at radius 3 is 2.37 bits per heavy atom. The first-order valence-electron chi connectivity index (χ1n) is 6.75. The van der Waals surface area contributed by atoms with Gasteiger partial charge in [0, 0.05) is 5.56 Å². The lowest BCUT2D eigenvalue weighted by Crippen LogP contribution is -2.08. The zero-order chi connectivity index (χ0) is 13.2. The van der Waals surface area contributed by atoms with Crippen LogP contribution in [0.5, 0.6) is 11.5 Å². The summed E-state index contributed by atoms with van der Waals surface area (Å²) in [4.78, 5) is 0. The molecule has 1 N–H and O–H groups in total. The molecule has 1 aliphatic carbocycles. The Labute approximate surface area is 113 Å². The molecule has 98 valence electrons. The molecule has 0 aliphatic heterocycles. The molecule has 3 rings (SSSR count). The highest BCUT2D eigenvalue weighted by Gasteiger charge is 2.19. The van der Waals surface area contributed by atoms with Gasteiger partial charge in [-0.3, -0.25) is 0 Å². The first kappa shape index (κ1) is 12.1. The summed E-state index contributed by atoms with van der Waals surface area (Å²) in [5.74, 6) is 1.79. The van der Waals surface area contributed by atoms with Crippen LogP contribution in [-0.4, -0.2) is 12.2 Å². The van der Waals surface area contributed by atoms with E-state index in [1.807, 2.05) is 6.07 Å². The molecule has 0 radical (unpaired) electrons. The molecule has 0 aromatic heterocycles. The van der Waals surface area contributed by atoms with Crippen molar-refractivity contribution >= 4 is 0 Å². The number of phenols is 1. The topological polar surface area (TPSA) is 29.5 Å². The van der Waals surface area contributed by atoms with Crippen molar-refractivity contribution in [3.8, 4) is 22.6 Å². The fourth-order valence-electron chi connectivity index (χ4n) is 2.55. The average Bonchev–Trinajstić information content (AvgIpc) is 2.38. The number of hydrogen-bond acceptors (Lipinski definition) is 2. The molecule has 0 unspecified atom stereocenters. The highest BCUT2D eigenvalue weighted by Crippen LogP contribution is 2.38. The molecule has 0 spiro atoms. The van der Waals surface area contributed by atoms with Crippen molar-refractivity contribution in [1.82, 2.24) is 0 Å². The van der Waals surface area contributed by atoms with E-state index in [9.17, 15) is 5.11 Å². The molecule has 2 aromatic rings. The third kappa shape index (κ3) is 2.30. The highest BCUT2D eigenvalue weighted by molar-refractivity contribution is 5.71. The molecule has 0 amide bonds. The third-order valence-corrected chi connectivity index (χ3v) is 4.00. The Morgan fingerprint density at radius 2 is 1.79 bits per heavy atom. The molecule has 0 bridgehead atoms. The van der Waals surface area contributed by atoms with Crippen molar-refractivity contribution in [1.29, 1.82) is 0 Å². The van der Waals surface area contributed by atoms with E-state index in [2.05, 4.69) is 24.3 Å². The maximum absolute atomic E-state index is 9.96. The Balaban J connectivity index is 1.92. The van der Waals surface area contributed by atoms with Crippen molar-refractivity contribution < 1.29 is 9.84 Å². The lowest BCUT2D eigenvalue weighted by atomic mass is 9.80. The third-order valence-electron chi connectivity index (χ3n) is 4.00. The summed E-state index contributed by atoms with van der Waals surface area (Å²) in [5, 5.41) is 9.96. The average molecular weight is 254 g/mol. The van der Waals surface area contributed by atoms with Crippen molar-refractivity contribution in [3.05, 3.63) is 48.0 Å². The van der Waals surface area contributed by atoms with E-state index in [-0.39, 0.29) is 5.75 Å². The lowest BCUT2D eigenvalue weighted by Gasteiger charge is -2.25. The fraction of sp³-hybridized carbons (Fsp3) is 0.294. The van der Waals surface area contributed by atoms with Gasteiger partial charge in [0.15, 0.2) is 0 Å². The summed E-state index contributed by atoms with van der Waals surface area (Å²) in [7, 11) is 1.63. The number of ether oxygens (including phenoxy) is 1. The number of methoxy groups -OCH3 is 1. The summed E-state index contributed by atoms with van der Waals surface area (Å²) >= 11 is 0. The van der Waals surface area contributed by atoms with Crippen LogP contribution in [0.1, 0.15) is 30.7 Å². The van der Waals surface area contributed by atoms with Crippen molar-refractivity contribution in [2.24, 2.45) is 0 Å². The van der Waals surface area contributed by atoms with Crippen LogP contribution in [0, 0.1) is 0 Å². The lowest BCUT2D eigenvalue weighted by molar-refractivity contribution is 0.412. The van der Waals surface area contributed by atoms with Crippen molar-refractivity contribution in [3.63, 3.8) is 0 Å².